The SMILES string of the molecule is CC(=O)/C=C/CCC(=O)C=C(c1ccccc1)c1ccccc1. The third-order valence-electron chi connectivity index (χ3n) is 3.38. The summed E-state index contributed by atoms with van der Waals surface area (Å²) in [5, 5.41) is 0. The van der Waals surface area contributed by atoms with Gasteiger partial charge in [0.2, 0.25) is 0 Å². The molecule has 0 bridgehead atoms. The highest BCUT2D eigenvalue weighted by molar-refractivity contribution is 6.00. The van der Waals surface area contributed by atoms with E-state index in [4.69, 9.17) is 0 Å². The predicted octanol–water partition coefficient (Wildman–Crippen LogP) is 4.61. The molecule has 23 heavy (non-hydrogen) atoms. The van der Waals surface area contributed by atoms with Crippen molar-refractivity contribution in [1.29, 1.82) is 0 Å². The first-order valence-electron chi connectivity index (χ1n) is 7.69. The Morgan fingerprint density at radius 1 is 0.870 bits per heavy atom. The van der Waals surface area contributed by atoms with E-state index in [0.29, 0.717) is 12.8 Å². The van der Waals surface area contributed by atoms with E-state index < -0.39 is 0 Å². The van der Waals surface area contributed by atoms with Crippen LogP contribution in [0.4, 0.5) is 0 Å². The van der Waals surface area contributed by atoms with E-state index in [9.17, 15) is 9.59 Å². The van der Waals surface area contributed by atoms with Crippen molar-refractivity contribution >= 4 is 17.1 Å². The summed E-state index contributed by atoms with van der Waals surface area (Å²) < 4.78 is 0. The van der Waals surface area contributed by atoms with Crippen LogP contribution >= 0.6 is 0 Å². The molecule has 2 aromatic carbocycles. The Morgan fingerprint density at radius 2 is 1.39 bits per heavy atom. The van der Waals surface area contributed by atoms with Crippen molar-refractivity contribution in [1.82, 2.24) is 0 Å². The number of carbonyl (C=O) groups excluding carboxylic acids is 2. The molecule has 0 aliphatic rings. The molecule has 2 heteroatoms. The molecule has 0 aliphatic heterocycles. The number of carbonyl (C=O) groups is 2. The monoisotopic (exact) mass is 304 g/mol. The summed E-state index contributed by atoms with van der Waals surface area (Å²) in [7, 11) is 0. The van der Waals surface area contributed by atoms with Gasteiger partial charge in [0.25, 0.3) is 0 Å². The highest BCUT2D eigenvalue weighted by Gasteiger charge is 2.07. The van der Waals surface area contributed by atoms with E-state index in [-0.39, 0.29) is 11.6 Å². The fourth-order valence-corrected chi connectivity index (χ4v) is 2.28. The lowest BCUT2D eigenvalue weighted by molar-refractivity contribution is -0.115. The van der Waals surface area contributed by atoms with Crippen LogP contribution in [0.5, 0.6) is 0 Å². The van der Waals surface area contributed by atoms with Gasteiger partial charge in [-0.3, -0.25) is 9.59 Å². The normalized spacial score (nSPS) is 10.5. The number of hydrogen-bond donors (Lipinski definition) is 0. The molecule has 2 nitrogen and oxygen atoms in total. The van der Waals surface area contributed by atoms with Crippen LogP contribution in [0.1, 0.15) is 30.9 Å². The Labute approximate surface area is 137 Å². The lowest BCUT2D eigenvalue weighted by atomic mass is 9.96. The molecule has 116 valence electrons. The smallest absolute Gasteiger partial charge is 0.156 e. The third kappa shape index (κ3) is 5.51. The second-order valence-corrected chi connectivity index (χ2v) is 5.31. The maximum atomic E-state index is 12.2. The van der Waals surface area contributed by atoms with Gasteiger partial charge < -0.3 is 0 Å². The van der Waals surface area contributed by atoms with Gasteiger partial charge >= 0.3 is 0 Å². The quantitative estimate of drug-likeness (QED) is 0.700. The molecule has 0 saturated heterocycles. The molecule has 2 rings (SSSR count). The van der Waals surface area contributed by atoms with Crippen molar-refractivity contribution in [2.45, 2.75) is 19.8 Å². The number of hydrogen-bond acceptors (Lipinski definition) is 2. The molecule has 0 spiro atoms. The molecule has 0 saturated carbocycles. The van der Waals surface area contributed by atoms with Gasteiger partial charge in [-0.25, -0.2) is 0 Å². The van der Waals surface area contributed by atoms with Crippen LogP contribution in [0.15, 0.2) is 78.9 Å². The van der Waals surface area contributed by atoms with Gasteiger partial charge in [-0.15, -0.1) is 0 Å². The van der Waals surface area contributed by atoms with E-state index in [1.54, 1.807) is 12.2 Å². The zero-order chi connectivity index (χ0) is 16.5. The van der Waals surface area contributed by atoms with Gasteiger partial charge in [-0.05, 0) is 42.2 Å². The molecule has 0 aromatic heterocycles. The van der Waals surface area contributed by atoms with Crippen LogP contribution in [0.3, 0.4) is 0 Å². The third-order valence-corrected chi connectivity index (χ3v) is 3.38. The Kier molecular flexibility index (Phi) is 6.25. The Hall–Kier alpha value is -2.74. The van der Waals surface area contributed by atoms with Gasteiger partial charge in [0, 0.05) is 6.42 Å². The van der Waals surface area contributed by atoms with E-state index in [1.165, 1.54) is 13.0 Å². The molecular weight excluding hydrogens is 284 g/mol. The molecule has 0 amide bonds. The van der Waals surface area contributed by atoms with Crippen molar-refractivity contribution in [3.63, 3.8) is 0 Å². The summed E-state index contributed by atoms with van der Waals surface area (Å²) >= 11 is 0. The van der Waals surface area contributed by atoms with Crippen LogP contribution in [0, 0.1) is 0 Å². The van der Waals surface area contributed by atoms with Crippen molar-refractivity contribution in [2.75, 3.05) is 0 Å². The summed E-state index contributed by atoms with van der Waals surface area (Å²) in [6.07, 6.45) is 5.93. The van der Waals surface area contributed by atoms with Crippen molar-refractivity contribution in [2.24, 2.45) is 0 Å². The van der Waals surface area contributed by atoms with Crippen LogP contribution in [-0.4, -0.2) is 11.6 Å². The topological polar surface area (TPSA) is 34.1 Å². The number of benzene rings is 2. The Balaban J connectivity index is 2.20. The zero-order valence-electron chi connectivity index (χ0n) is 13.2. The predicted molar refractivity (Wildman–Crippen MR) is 94.0 cm³/mol. The van der Waals surface area contributed by atoms with Crippen molar-refractivity contribution in [3.8, 4) is 0 Å². The Morgan fingerprint density at radius 3 is 1.87 bits per heavy atom. The van der Waals surface area contributed by atoms with Gasteiger partial charge in [0.1, 0.15) is 0 Å². The molecule has 0 fully saturated rings. The first kappa shape index (κ1) is 16.6. The molecule has 0 radical (unpaired) electrons. The van der Waals surface area contributed by atoms with Gasteiger partial charge in [-0.1, -0.05) is 66.7 Å². The van der Waals surface area contributed by atoms with Crippen LogP contribution in [-0.2, 0) is 9.59 Å². The van der Waals surface area contributed by atoms with Gasteiger partial charge in [-0.2, -0.15) is 0 Å². The molecule has 0 aliphatic carbocycles. The summed E-state index contributed by atoms with van der Waals surface area (Å²) in [6, 6.07) is 19.8. The second-order valence-electron chi connectivity index (χ2n) is 5.31. The summed E-state index contributed by atoms with van der Waals surface area (Å²) in [5.74, 6) is 0.0585. The van der Waals surface area contributed by atoms with E-state index in [0.717, 1.165) is 16.7 Å². The van der Waals surface area contributed by atoms with Crippen LogP contribution in [0.2, 0.25) is 0 Å². The average Bonchev–Trinajstić information content (AvgIpc) is 2.58. The number of allylic oxidation sites excluding steroid dienone is 3. The van der Waals surface area contributed by atoms with Gasteiger partial charge in [0.05, 0.1) is 0 Å². The van der Waals surface area contributed by atoms with Crippen molar-refractivity contribution in [3.05, 3.63) is 90.0 Å². The molecule has 0 atom stereocenters. The molecular formula is C21H20O2. The minimum absolute atomic E-state index is 0.00208. The minimum atomic E-state index is 0.00208. The highest BCUT2D eigenvalue weighted by atomic mass is 16.1. The fourth-order valence-electron chi connectivity index (χ4n) is 2.28. The molecule has 0 heterocycles. The van der Waals surface area contributed by atoms with E-state index in [2.05, 4.69) is 0 Å². The fraction of sp³-hybridized carbons (Fsp3) is 0.143. The van der Waals surface area contributed by atoms with Crippen LogP contribution in [0.25, 0.3) is 5.57 Å². The lowest BCUT2D eigenvalue weighted by Crippen LogP contribution is -1.96. The first-order valence-corrected chi connectivity index (χ1v) is 7.69. The number of rotatable bonds is 7. The van der Waals surface area contributed by atoms with E-state index >= 15 is 0 Å². The minimum Gasteiger partial charge on any atom is -0.295 e. The lowest BCUT2D eigenvalue weighted by Gasteiger charge is -2.08. The number of ketones is 2. The molecule has 2 aromatic rings. The maximum absolute atomic E-state index is 12.2. The highest BCUT2D eigenvalue weighted by Crippen LogP contribution is 2.23. The summed E-state index contributed by atoms with van der Waals surface area (Å²) in [4.78, 5) is 23.1. The summed E-state index contributed by atoms with van der Waals surface area (Å²) in [5.41, 5.74) is 2.96. The zero-order valence-corrected chi connectivity index (χ0v) is 13.2. The summed E-state index contributed by atoms with van der Waals surface area (Å²) in [6.45, 7) is 1.50. The average molecular weight is 304 g/mol. The molecule has 0 N–H and O–H groups in total. The largest absolute Gasteiger partial charge is 0.295 e. The van der Waals surface area contributed by atoms with Crippen molar-refractivity contribution < 1.29 is 9.59 Å². The second kappa shape index (κ2) is 8.64. The molecule has 0 unspecified atom stereocenters. The maximum Gasteiger partial charge on any atom is 0.156 e. The van der Waals surface area contributed by atoms with E-state index in [1.807, 2.05) is 60.7 Å². The Bertz CT molecular complexity index is 669. The van der Waals surface area contributed by atoms with Gasteiger partial charge in [0.15, 0.2) is 11.6 Å². The first-order chi connectivity index (χ1) is 11.2. The standard InChI is InChI=1S/C21H20O2/c1-17(22)10-8-9-15-20(23)16-21(18-11-4-2-5-12-18)19-13-6-3-7-14-19/h2-8,10-14,16H,9,15H2,1H3/b10-8+. The van der Waals surface area contributed by atoms with Crippen LogP contribution < -0.4 is 0 Å².